The first kappa shape index (κ1) is 14.1. The summed E-state index contributed by atoms with van der Waals surface area (Å²) < 4.78 is 0. The molecule has 1 aromatic carbocycles. The van der Waals surface area contributed by atoms with E-state index >= 15 is 0 Å². The minimum absolute atomic E-state index is 0.310. The maximum atomic E-state index is 12.2. The van der Waals surface area contributed by atoms with Crippen LogP contribution in [0.15, 0.2) is 24.3 Å². The van der Waals surface area contributed by atoms with Crippen molar-refractivity contribution >= 4 is 5.91 Å². The second kappa shape index (κ2) is 7.29. The summed E-state index contributed by atoms with van der Waals surface area (Å²) in [4.78, 5) is 14.2. The Kier molecular flexibility index (Phi) is 5.40. The van der Waals surface area contributed by atoms with Crippen molar-refractivity contribution in [1.29, 1.82) is 0 Å². The molecule has 0 saturated heterocycles. The molecule has 0 aliphatic carbocycles. The SMILES string of the molecule is NCCCCCC(=O)N1CCc2ccccc2CC1. The number of carbonyl (C=O) groups excluding carboxylic acids is 1. The molecule has 104 valence electrons. The molecule has 1 heterocycles. The second-order valence-electron chi connectivity index (χ2n) is 5.25. The van der Waals surface area contributed by atoms with Crippen LogP contribution in [0.5, 0.6) is 0 Å². The molecular weight excluding hydrogens is 236 g/mol. The van der Waals surface area contributed by atoms with E-state index in [1.165, 1.54) is 11.1 Å². The molecule has 0 saturated carbocycles. The summed E-state index contributed by atoms with van der Waals surface area (Å²) >= 11 is 0. The minimum atomic E-state index is 0.310. The van der Waals surface area contributed by atoms with Gasteiger partial charge < -0.3 is 10.6 Å². The van der Waals surface area contributed by atoms with Gasteiger partial charge in [-0.05, 0) is 43.4 Å². The molecule has 0 unspecified atom stereocenters. The van der Waals surface area contributed by atoms with Gasteiger partial charge in [0.1, 0.15) is 0 Å². The molecule has 1 aliphatic rings. The molecular formula is C16H24N2O. The van der Waals surface area contributed by atoms with Crippen LogP contribution in [-0.4, -0.2) is 30.4 Å². The number of hydrogen-bond acceptors (Lipinski definition) is 2. The highest BCUT2D eigenvalue weighted by Crippen LogP contribution is 2.16. The summed E-state index contributed by atoms with van der Waals surface area (Å²) in [6.45, 7) is 2.46. The van der Waals surface area contributed by atoms with E-state index in [9.17, 15) is 4.79 Å². The van der Waals surface area contributed by atoms with Gasteiger partial charge in [0.15, 0.2) is 0 Å². The normalized spacial score (nSPS) is 14.9. The van der Waals surface area contributed by atoms with E-state index in [2.05, 4.69) is 24.3 Å². The van der Waals surface area contributed by atoms with E-state index in [1.807, 2.05) is 4.90 Å². The van der Waals surface area contributed by atoms with Crippen LogP contribution in [0.3, 0.4) is 0 Å². The summed E-state index contributed by atoms with van der Waals surface area (Å²) in [5, 5.41) is 0. The summed E-state index contributed by atoms with van der Waals surface area (Å²) in [5.74, 6) is 0.310. The van der Waals surface area contributed by atoms with Crippen LogP contribution >= 0.6 is 0 Å². The van der Waals surface area contributed by atoms with Crippen LogP contribution in [0.4, 0.5) is 0 Å². The molecule has 0 fully saturated rings. The van der Waals surface area contributed by atoms with Crippen molar-refractivity contribution < 1.29 is 4.79 Å². The molecule has 2 rings (SSSR count). The van der Waals surface area contributed by atoms with E-state index in [-0.39, 0.29) is 0 Å². The van der Waals surface area contributed by atoms with E-state index in [1.54, 1.807) is 0 Å². The summed E-state index contributed by atoms with van der Waals surface area (Å²) in [5.41, 5.74) is 8.27. The van der Waals surface area contributed by atoms with E-state index in [4.69, 9.17) is 5.73 Å². The fourth-order valence-corrected chi connectivity index (χ4v) is 2.67. The quantitative estimate of drug-likeness (QED) is 0.824. The Morgan fingerprint density at radius 1 is 1.05 bits per heavy atom. The van der Waals surface area contributed by atoms with Crippen LogP contribution in [0.2, 0.25) is 0 Å². The summed E-state index contributed by atoms with van der Waals surface area (Å²) in [7, 11) is 0. The van der Waals surface area contributed by atoms with Gasteiger partial charge in [0.05, 0.1) is 0 Å². The number of nitrogens with two attached hydrogens (primary N) is 1. The first-order valence-corrected chi connectivity index (χ1v) is 7.36. The molecule has 0 bridgehead atoms. The van der Waals surface area contributed by atoms with Gasteiger partial charge in [0.2, 0.25) is 5.91 Å². The van der Waals surface area contributed by atoms with Crippen LogP contribution in [-0.2, 0) is 17.6 Å². The van der Waals surface area contributed by atoms with Gasteiger partial charge in [0, 0.05) is 19.5 Å². The molecule has 1 aromatic rings. The Labute approximate surface area is 115 Å². The lowest BCUT2D eigenvalue weighted by Crippen LogP contribution is -2.33. The number of unbranched alkanes of at least 4 members (excludes halogenated alkanes) is 2. The molecule has 0 atom stereocenters. The number of rotatable bonds is 5. The highest BCUT2D eigenvalue weighted by atomic mass is 16.2. The molecule has 3 nitrogen and oxygen atoms in total. The molecule has 19 heavy (non-hydrogen) atoms. The fourth-order valence-electron chi connectivity index (χ4n) is 2.67. The van der Waals surface area contributed by atoms with Gasteiger partial charge in [-0.1, -0.05) is 30.7 Å². The highest BCUT2D eigenvalue weighted by molar-refractivity contribution is 5.76. The van der Waals surface area contributed by atoms with Gasteiger partial charge in [-0.25, -0.2) is 0 Å². The Bertz CT molecular complexity index is 390. The number of hydrogen-bond donors (Lipinski definition) is 1. The maximum absolute atomic E-state index is 12.2. The minimum Gasteiger partial charge on any atom is -0.342 e. The predicted molar refractivity (Wildman–Crippen MR) is 78.0 cm³/mol. The van der Waals surface area contributed by atoms with E-state index < -0.39 is 0 Å². The lowest BCUT2D eigenvalue weighted by molar-refractivity contribution is -0.131. The summed E-state index contributed by atoms with van der Waals surface area (Å²) in [6.07, 6.45) is 5.72. The number of nitrogens with zero attached hydrogens (tertiary/aromatic N) is 1. The topological polar surface area (TPSA) is 46.3 Å². The first-order valence-electron chi connectivity index (χ1n) is 7.36. The molecule has 0 spiro atoms. The van der Waals surface area contributed by atoms with Crippen molar-refractivity contribution in [1.82, 2.24) is 4.90 Å². The van der Waals surface area contributed by atoms with Crippen molar-refractivity contribution in [3.8, 4) is 0 Å². The monoisotopic (exact) mass is 260 g/mol. The van der Waals surface area contributed by atoms with Crippen LogP contribution in [0.25, 0.3) is 0 Å². The Balaban J connectivity index is 1.82. The molecule has 2 N–H and O–H groups in total. The number of benzene rings is 1. The zero-order chi connectivity index (χ0) is 13.5. The zero-order valence-corrected chi connectivity index (χ0v) is 11.6. The van der Waals surface area contributed by atoms with Crippen molar-refractivity contribution in [2.45, 2.75) is 38.5 Å². The van der Waals surface area contributed by atoms with Crippen LogP contribution in [0.1, 0.15) is 36.8 Å². The second-order valence-corrected chi connectivity index (χ2v) is 5.25. The smallest absolute Gasteiger partial charge is 0.222 e. The Hall–Kier alpha value is -1.35. The van der Waals surface area contributed by atoms with Crippen LogP contribution < -0.4 is 5.73 Å². The molecule has 0 radical (unpaired) electrons. The van der Waals surface area contributed by atoms with Crippen molar-refractivity contribution in [3.05, 3.63) is 35.4 Å². The Morgan fingerprint density at radius 2 is 1.68 bits per heavy atom. The average Bonchev–Trinajstić information content (AvgIpc) is 2.66. The first-order chi connectivity index (χ1) is 9.31. The summed E-state index contributed by atoms with van der Waals surface area (Å²) in [6, 6.07) is 8.54. The number of carbonyl (C=O) groups is 1. The fraction of sp³-hybridized carbons (Fsp3) is 0.562. The van der Waals surface area contributed by atoms with Gasteiger partial charge in [0.25, 0.3) is 0 Å². The lowest BCUT2D eigenvalue weighted by Gasteiger charge is -2.20. The van der Waals surface area contributed by atoms with Crippen molar-refractivity contribution in [3.63, 3.8) is 0 Å². The van der Waals surface area contributed by atoms with Crippen molar-refractivity contribution in [2.24, 2.45) is 5.73 Å². The molecule has 1 amide bonds. The van der Waals surface area contributed by atoms with Gasteiger partial charge in [-0.15, -0.1) is 0 Å². The Morgan fingerprint density at radius 3 is 2.26 bits per heavy atom. The lowest BCUT2D eigenvalue weighted by atomic mass is 10.0. The predicted octanol–water partition coefficient (Wildman–Crippen LogP) is 2.13. The third-order valence-electron chi connectivity index (χ3n) is 3.87. The number of amides is 1. The van der Waals surface area contributed by atoms with Gasteiger partial charge in [-0.3, -0.25) is 4.79 Å². The molecule has 1 aliphatic heterocycles. The maximum Gasteiger partial charge on any atom is 0.222 e. The largest absolute Gasteiger partial charge is 0.342 e. The average molecular weight is 260 g/mol. The highest BCUT2D eigenvalue weighted by Gasteiger charge is 2.17. The third-order valence-corrected chi connectivity index (χ3v) is 3.87. The molecule has 3 heteroatoms. The van der Waals surface area contributed by atoms with Crippen molar-refractivity contribution in [2.75, 3.05) is 19.6 Å². The third kappa shape index (κ3) is 4.06. The molecule has 0 aromatic heterocycles. The van der Waals surface area contributed by atoms with Gasteiger partial charge >= 0.3 is 0 Å². The van der Waals surface area contributed by atoms with Gasteiger partial charge in [-0.2, -0.15) is 0 Å². The zero-order valence-electron chi connectivity index (χ0n) is 11.6. The standard InChI is InChI=1S/C16H24N2O/c17-11-5-1-2-8-16(19)18-12-9-14-6-3-4-7-15(14)10-13-18/h3-4,6-7H,1-2,5,8-13,17H2. The van der Waals surface area contributed by atoms with E-state index in [0.29, 0.717) is 12.3 Å². The number of fused-ring (bicyclic) bond motifs is 1. The van der Waals surface area contributed by atoms with E-state index in [0.717, 1.165) is 51.7 Å². The van der Waals surface area contributed by atoms with Crippen LogP contribution in [0, 0.1) is 0 Å².